The minimum Gasteiger partial charge on any atom is -0.360 e. The average Bonchev–Trinajstić information content (AvgIpc) is 2.92. The van der Waals surface area contributed by atoms with Gasteiger partial charge >= 0.3 is 0 Å². The van der Waals surface area contributed by atoms with Crippen molar-refractivity contribution in [3.8, 4) is 0 Å². The molecule has 1 aromatic rings. The summed E-state index contributed by atoms with van der Waals surface area (Å²) >= 11 is 7.53. The second kappa shape index (κ2) is 8.27. The number of hydrogen-bond acceptors (Lipinski definition) is 3. The quantitative estimate of drug-likeness (QED) is 0.851. The molecule has 1 aliphatic carbocycles. The van der Waals surface area contributed by atoms with Crippen molar-refractivity contribution in [1.29, 1.82) is 0 Å². The smallest absolute Gasteiger partial charge is 0.169 e. The van der Waals surface area contributed by atoms with E-state index in [1.807, 2.05) is 11.3 Å². The topological polar surface area (TPSA) is 18.5 Å². The second-order valence-electron chi connectivity index (χ2n) is 6.48. The number of nitrogens with one attached hydrogen (secondary N) is 1. The van der Waals surface area contributed by atoms with Gasteiger partial charge in [-0.05, 0) is 42.9 Å². The predicted molar refractivity (Wildman–Crippen MR) is 98.4 cm³/mol. The van der Waals surface area contributed by atoms with Crippen LogP contribution in [-0.4, -0.2) is 47.1 Å². The Kier molecular flexibility index (Phi) is 6.10. The van der Waals surface area contributed by atoms with Gasteiger partial charge < -0.3 is 10.2 Å². The van der Waals surface area contributed by atoms with Crippen molar-refractivity contribution in [2.24, 2.45) is 0 Å². The summed E-state index contributed by atoms with van der Waals surface area (Å²) in [6, 6.07) is 5.00. The van der Waals surface area contributed by atoms with Gasteiger partial charge in [-0.2, -0.15) is 0 Å². The van der Waals surface area contributed by atoms with Crippen LogP contribution in [0.25, 0.3) is 0 Å². The Morgan fingerprint density at radius 1 is 1.14 bits per heavy atom. The molecule has 1 saturated carbocycles. The van der Waals surface area contributed by atoms with E-state index in [1.165, 1.54) is 49.9 Å². The minimum atomic E-state index is 0.617. The summed E-state index contributed by atoms with van der Waals surface area (Å²) in [7, 11) is 0. The van der Waals surface area contributed by atoms with E-state index in [9.17, 15) is 0 Å². The van der Waals surface area contributed by atoms with Gasteiger partial charge in [-0.15, -0.1) is 11.3 Å². The Morgan fingerprint density at radius 3 is 2.77 bits per heavy atom. The van der Waals surface area contributed by atoms with Gasteiger partial charge in [0.15, 0.2) is 5.11 Å². The first kappa shape index (κ1) is 16.2. The molecular formula is C17H27N3S2. The molecule has 122 valence electrons. The molecule has 1 N–H and O–H groups in total. The van der Waals surface area contributed by atoms with Crippen LogP contribution in [0.1, 0.15) is 43.4 Å². The number of thiocarbonyl (C=S) groups is 1. The van der Waals surface area contributed by atoms with E-state index in [1.54, 1.807) is 0 Å². The fourth-order valence-corrected chi connectivity index (χ4v) is 4.56. The zero-order valence-electron chi connectivity index (χ0n) is 13.3. The van der Waals surface area contributed by atoms with Gasteiger partial charge in [0.2, 0.25) is 0 Å². The lowest BCUT2D eigenvalue weighted by Crippen LogP contribution is -2.46. The molecule has 2 fully saturated rings. The highest BCUT2D eigenvalue weighted by Crippen LogP contribution is 2.18. The summed E-state index contributed by atoms with van der Waals surface area (Å²) in [6.07, 6.45) is 7.89. The molecule has 1 aromatic heterocycles. The van der Waals surface area contributed by atoms with Crippen LogP contribution in [0.2, 0.25) is 0 Å². The Bertz CT molecular complexity index is 454. The van der Waals surface area contributed by atoms with Crippen LogP contribution >= 0.6 is 23.6 Å². The van der Waals surface area contributed by atoms with Crippen molar-refractivity contribution in [2.45, 2.75) is 51.1 Å². The second-order valence-corrected chi connectivity index (χ2v) is 7.90. The maximum absolute atomic E-state index is 5.67. The molecule has 5 heteroatoms. The normalized spacial score (nSPS) is 21.5. The lowest BCUT2D eigenvalue weighted by atomic mass is 9.96. The molecule has 0 spiro atoms. The summed E-state index contributed by atoms with van der Waals surface area (Å²) in [4.78, 5) is 6.42. The summed E-state index contributed by atoms with van der Waals surface area (Å²) in [5.74, 6) is 0. The number of hydrogen-bond donors (Lipinski definition) is 1. The summed E-state index contributed by atoms with van der Waals surface area (Å²) in [5.41, 5.74) is 0. The van der Waals surface area contributed by atoms with Crippen LogP contribution in [0.3, 0.4) is 0 Å². The molecule has 22 heavy (non-hydrogen) atoms. The van der Waals surface area contributed by atoms with E-state index in [0.717, 1.165) is 31.3 Å². The van der Waals surface area contributed by atoms with Gasteiger partial charge in [0.05, 0.1) is 0 Å². The van der Waals surface area contributed by atoms with E-state index in [2.05, 4.69) is 32.6 Å². The Balaban J connectivity index is 1.45. The van der Waals surface area contributed by atoms with Gasteiger partial charge in [0.25, 0.3) is 0 Å². The van der Waals surface area contributed by atoms with Gasteiger partial charge in [-0.3, -0.25) is 4.90 Å². The SMILES string of the molecule is S=C(NC1CCCCC1)N1CCCN(Cc2cccs2)CC1. The van der Waals surface area contributed by atoms with Crippen LogP contribution in [0.5, 0.6) is 0 Å². The molecule has 0 bridgehead atoms. The fraction of sp³-hybridized carbons (Fsp3) is 0.706. The lowest BCUT2D eigenvalue weighted by molar-refractivity contribution is 0.279. The van der Waals surface area contributed by atoms with Crippen molar-refractivity contribution in [1.82, 2.24) is 15.1 Å². The van der Waals surface area contributed by atoms with Gasteiger partial charge in [0, 0.05) is 43.6 Å². The Labute approximate surface area is 143 Å². The van der Waals surface area contributed by atoms with Crippen molar-refractivity contribution in [3.05, 3.63) is 22.4 Å². The lowest BCUT2D eigenvalue weighted by Gasteiger charge is -2.30. The molecule has 0 atom stereocenters. The van der Waals surface area contributed by atoms with Crippen molar-refractivity contribution in [2.75, 3.05) is 26.2 Å². The maximum Gasteiger partial charge on any atom is 0.169 e. The largest absolute Gasteiger partial charge is 0.360 e. The van der Waals surface area contributed by atoms with Crippen LogP contribution in [0.15, 0.2) is 17.5 Å². The first-order chi connectivity index (χ1) is 10.8. The van der Waals surface area contributed by atoms with Crippen LogP contribution in [0.4, 0.5) is 0 Å². The number of nitrogens with zero attached hydrogens (tertiary/aromatic N) is 2. The third-order valence-corrected chi connectivity index (χ3v) is 6.01. The first-order valence-corrected chi connectivity index (χ1v) is 9.90. The van der Waals surface area contributed by atoms with Crippen LogP contribution < -0.4 is 5.32 Å². The summed E-state index contributed by atoms with van der Waals surface area (Å²) in [6.45, 7) is 5.54. The number of thiophene rings is 1. The standard InChI is InChI=1S/C17H27N3S2/c21-17(18-15-6-2-1-3-7-15)20-10-5-9-19(11-12-20)14-16-8-4-13-22-16/h4,8,13,15H,1-3,5-7,9-12,14H2,(H,18,21). The Hall–Kier alpha value is -0.650. The molecule has 0 unspecified atom stereocenters. The third kappa shape index (κ3) is 4.67. The highest BCUT2D eigenvalue weighted by Gasteiger charge is 2.20. The highest BCUT2D eigenvalue weighted by atomic mass is 32.1. The molecule has 0 amide bonds. The molecule has 3 nitrogen and oxygen atoms in total. The molecule has 1 aliphatic heterocycles. The van der Waals surface area contributed by atoms with Crippen molar-refractivity contribution >= 4 is 28.7 Å². The van der Waals surface area contributed by atoms with Gasteiger partial charge in [-0.25, -0.2) is 0 Å². The molecule has 0 aromatic carbocycles. The van der Waals surface area contributed by atoms with E-state index >= 15 is 0 Å². The van der Waals surface area contributed by atoms with E-state index in [0.29, 0.717) is 6.04 Å². The Morgan fingerprint density at radius 2 is 2.00 bits per heavy atom. The van der Waals surface area contributed by atoms with Crippen LogP contribution in [-0.2, 0) is 6.54 Å². The first-order valence-electron chi connectivity index (χ1n) is 8.61. The molecule has 2 heterocycles. The third-order valence-electron chi connectivity index (χ3n) is 4.77. The predicted octanol–water partition coefficient (Wildman–Crippen LogP) is 3.46. The van der Waals surface area contributed by atoms with Gasteiger partial charge in [-0.1, -0.05) is 25.3 Å². The molecular weight excluding hydrogens is 310 g/mol. The van der Waals surface area contributed by atoms with E-state index < -0.39 is 0 Å². The summed E-state index contributed by atoms with van der Waals surface area (Å²) in [5, 5.41) is 6.78. The van der Waals surface area contributed by atoms with Crippen LogP contribution in [0, 0.1) is 0 Å². The van der Waals surface area contributed by atoms with E-state index in [-0.39, 0.29) is 0 Å². The van der Waals surface area contributed by atoms with E-state index in [4.69, 9.17) is 12.2 Å². The zero-order valence-corrected chi connectivity index (χ0v) is 14.9. The number of rotatable bonds is 3. The minimum absolute atomic E-state index is 0.617. The zero-order chi connectivity index (χ0) is 15.2. The molecule has 1 saturated heterocycles. The highest BCUT2D eigenvalue weighted by molar-refractivity contribution is 7.80. The molecule has 0 radical (unpaired) electrons. The summed E-state index contributed by atoms with van der Waals surface area (Å²) < 4.78 is 0. The van der Waals surface area contributed by atoms with Crippen molar-refractivity contribution < 1.29 is 0 Å². The average molecular weight is 338 g/mol. The maximum atomic E-state index is 5.67. The molecule has 3 rings (SSSR count). The van der Waals surface area contributed by atoms with Crippen molar-refractivity contribution in [3.63, 3.8) is 0 Å². The molecule has 2 aliphatic rings. The monoisotopic (exact) mass is 337 g/mol. The fourth-order valence-electron chi connectivity index (χ4n) is 3.47. The van der Waals surface area contributed by atoms with Gasteiger partial charge in [0.1, 0.15) is 0 Å².